The molecule has 0 atom stereocenters. The van der Waals surface area contributed by atoms with Crippen molar-refractivity contribution in [2.45, 2.75) is 6.61 Å². The van der Waals surface area contributed by atoms with Gasteiger partial charge in [-0.05, 0) is 6.07 Å². The largest absolute Gasteiger partial charge is 0.473 e. The van der Waals surface area contributed by atoms with Gasteiger partial charge in [0.05, 0.1) is 10.0 Å². The van der Waals surface area contributed by atoms with Gasteiger partial charge in [-0.3, -0.25) is 0 Å². The summed E-state index contributed by atoms with van der Waals surface area (Å²) in [6.07, 6.45) is 1.65. The first kappa shape index (κ1) is 13.9. The van der Waals surface area contributed by atoms with Gasteiger partial charge < -0.3 is 9.64 Å². The lowest BCUT2D eigenvalue weighted by molar-refractivity contribution is 0.293. The van der Waals surface area contributed by atoms with Crippen LogP contribution < -0.4 is 9.64 Å². The summed E-state index contributed by atoms with van der Waals surface area (Å²) >= 11 is 12.0. The van der Waals surface area contributed by atoms with Crippen LogP contribution >= 0.6 is 23.2 Å². The molecule has 6 heteroatoms. The van der Waals surface area contributed by atoms with Crippen LogP contribution in [0, 0.1) is 0 Å². The first-order valence-corrected chi connectivity index (χ1v) is 6.39. The van der Waals surface area contributed by atoms with Gasteiger partial charge in [-0.25, -0.2) is 4.98 Å². The van der Waals surface area contributed by atoms with Gasteiger partial charge in [-0.1, -0.05) is 35.3 Å². The number of anilines is 1. The van der Waals surface area contributed by atoms with E-state index in [0.29, 0.717) is 28.5 Å². The molecular formula is C13H13Cl2N3O. The van der Waals surface area contributed by atoms with Crippen molar-refractivity contribution >= 4 is 29.2 Å². The molecule has 0 N–H and O–H groups in total. The van der Waals surface area contributed by atoms with Gasteiger partial charge in [0.15, 0.2) is 0 Å². The average molecular weight is 298 g/mol. The molecule has 0 saturated carbocycles. The van der Waals surface area contributed by atoms with E-state index in [0.717, 1.165) is 5.56 Å². The highest BCUT2D eigenvalue weighted by molar-refractivity contribution is 6.42. The second-order valence-electron chi connectivity index (χ2n) is 4.09. The molecule has 0 aliphatic heterocycles. The zero-order valence-corrected chi connectivity index (χ0v) is 12.1. The Balaban J connectivity index is 2.10. The van der Waals surface area contributed by atoms with Gasteiger partial charge in [-0.2, -0.15) is 4.98 Å². The molecule has 1 heterocycles. The molecule has 0 aliphatic carbocycles. The fraction of sp³-hybridized carbons (Fsp3) is 0.231. The van der Waals surface area contributed by atoms with Crippen LogP contribution in [0.15, 0.2) is 30.5 Å². The predicted molar refractivity (Wildman–Crippen MR) is 77.2 cm³/mol. The van der Waals surface area contributed by atoms with E-state index in [1.165, 1.54) is 0 Å². The molecule has 0 saturated heterocycles. The summed E-state index contributed by atoms with van der Waals surface area (Å²) in [5.74, 6) is 1.09. The first-order chi connectivity index (χ1) is 9.08. The van der Waals surface area contributed by atoms with Crippen molar-refractivity contribution in [3.63, 3.8) is 0 Å². The normalized spacial score (nSPS) is 10.3. The molecule has 2 aromatic rings. The molecule has 19 heavy (non-hydrogen) atoms. The minimum absolute atomic E-state index is 0.309. The van der Waals surface area contributed by atoms with Crippen LogP contribution in [-0.4, -0.2) is 24.1 Å². The number of benzene rings is 1. The second kappa shape index (κ2) is 6.08. The predicted octanol–water partition coefficient (Wildman–Crippen LogP) is 3.43. The lowest BCUT2D eigenvalue weighted by Crippen LogP contribution is -2.12. The van der Waals surface area contributed by atoms with Crippen molar-refractivity contribution in [1.82, 2.24) is 9.97 Å². The SMILES string of the molecule is CN(C)c1nccc(OCc2cccc(Cl)c2Cl)n1. The number of hydrogen-bond donors (Lipinski definition) is 0. The molecule has 0 fully saturated rings. The van der Waals surface area contributed by atoms with Crippen LogP contribution in [0.1, 0.15) is 5.56 Å². The molecule has 100 valence electrons. The van der Waals surface area contributed by atoms with Gasteiger partial charge in [0.25, 0.3) is 0 Å². The molecule has 0 radical (unpaired) electrons. The molecular weight excluding hydrogens is 285 g/mol. The highest BCUT2D eigenvalue weighted by Gasteiger charge is 2.06. The van der Waals surface area contributed by atoms with E-state index < -0.39 is 0 Å². The first-order valence-electron chi connectivity index (χ1n) is 5.64. The Morgan fingerprint density at radius 1 is 1.21 bits per heavy atom. The second-order valence-corrected chi connectivity index (χ2v) is 4.88. The summed E-state index contributed by atoms with van der Waals surface area (Å²) in [6.45, 7) is 0.309. The van der Waals surface area contributed by atoms with Crippen LogP contribution in [0.5, 0.6) is 5.88 Å². The van der Waals surface area contributed by atoms with Gasteiger partial charge in [0, 0.05) is 31.9 Å². The third-order valence-corrected chi connectivity index (χ3v) is 3.28. The van der Waals surface area contributed by atoms with E-state index in [1.807, 2.05) is 26.2 Å². The Morgan fingerprint density at radius 3 is 2.74 bits per heavy atom. The van der Waals surface area contributed by atoms with Crippen molar-refractivity contribution in [2.75, 3.05) is 19.0 Å². The van der Waals surface area contributed by atoms with E-state index in [-0.39, 0.29) is 0 Å². The number of ether oxygens (including phenoxy) is 1. The molecule has 0 unspecified atom stereocenters. The summed E-state index contributed by atoms with van der Waals surface area (Å²) in [6, 6.07) is 7.13. The monoisotopic (exact) mass is 297 g/mol. The van der Waals surface area contributed by atoms with Crippen LogP contribution in [0.3, 0.4) is 0 Å². The summed E-state index contributed by atoms with van der Waals surface area (Å²) < 4.78 is 5.60. The van der Waals surface area contributed by atoms with Crippen LogP contribution in [0.25, 0.3) is 0 Å². The molecule has 0 aliphatic rings. The molecule has 0 amide bonds. The van der Waals surface area contributed by atoms with Crippen molar-refractivity contribution in [2.24, 2.45) is 0 Å². The topological polar surface area (TPSA) is 38.2 Å². The maximum atomic E-state index is 6.09. The minimum Gasteiger partial charge on any atom is -0.473 e. The highest BCUT2D eigenvalue weighted by Crippen LogP contribution is 2.26. The van der Waals surface area contributed by atoms with E-state index in [4.69, 9.17) is 27.9 Å². The van der Waals surface area contributed by atoms with Crippen LogP contribution in [0.2, 0.25) is 10.0 Å². The Labute approximate surface area is 122 Å². The lowest BCUT2D eigenvalue weighted by Gasteiger charge is -2.12. The van der Waals surface area contributed by atoms with Gasteiger partial charge >= 0.3 is 0 Å². The minimum atomic E-state index is 0.309. The number of halogens is 2. The van der Waals surface area contributed by atoms with Crippen LogP contribution in [-0.2, 0) is 6.61 Å². The third-order valence-electron chi connectivity index (χ3n) is 2.42. The summed E-state index contributed by atoms with van der Waals surface area (Å²) in [5.41, 5.74) is 0.819. The summed E-state index contributed by atoms with van der Waals surface area (Å²) in [4.78, 5) is 10.2. The van der Waals surface area contributed by atoms with Crippen molar-refractivity contribution < 1.29 is 4.74 Å². The fourth-order valence-corrected chi connectivity index (χ4v) is 1.81. The fourth-order valence-electron chi connectivity index (χ4n) is 1.44. The molecule has 0 bridgehead atoms. The number of aromatic nitrogens is 2. The lowest BCUT2D eigenvalue weighted by atomic mass is 10.2. The maximum Gasteiger partial charge on any atom is 0.228 e. The summed E-state index contributed by atoms with van der Waals surface area (Å²) in [7, 11) is 3.74. The van der Waals surface area contributed by atoms with Gasteiger partial charge in [0.2, 0.25) is 11.8 Å². The third kappa shape index (κ3) is 3.49. The molecule has 2 rings (SSSR count). The van der Waals surface area contributed by atoms with E-state index in [1.54, 1.807) is 23.2 Å². The van der Waals surface area contributed by atoms with E-state index in [9.17, 15) is 0 Å². The van der Waals surface area contributed by atoms with Gasteiger partial charge in [0.1, 0.15) is 6.61 Å². The van der Waals surface area contributed by atoms with Crippen molar-refractivity contribution in [3.8, 4) is 5.88 Å². The van der Waals surface area contributed by atoms with Gasteiger partial charge in [-0.15, -0.1) is 0 Å². The van der Waals surface area contributed by atoms with Crippen LogP contribution in [0.4, 0.5) is 5.95 Å². The Hall–Kier alpha value is -1.52. The molecule has 1 aromatic carbocycles. The standard InChI is InChI=1S/C13H13Cl2N3O/c1-18(2)13-16-7-6-11(17-13)19-8-9-4-3-5-10(14)12(9)15/h3-7H,8H2,1-2H3. The average Bonchev–Trinajstić information content (AvgIpc) is 2.41. The van der Waals surface area contributed by atoms with Crippen molar-refractivity contribution in [3.05, 3.63) is 46.1 Å². The maximum absolute atomic E-state index is 6.09. The quantitative estimate of drug-likeness (QED) is 0.867. The Morgan fingerprint density at radius 2 is 2.00 bits per heavy atom. The Kier molecular flexibility index (Phi) is 4.45. The number of rotatable bonds is 4. The molecule has 0 spiro atoms. The summed E-state index contributed by atoms with van der Waals surface area (Å²) in [5, 5.41) is 1.02. The van der Waals surface area contributed by atoms with E-state index >= 15 is 0 Å². The zero-order valence-electron chi connectivity index (χ0n) is 10.6. The number of nitrogens with zero attached hydrogens (tertiary/aromatic N) is 3. The Bertz CT molecular complexity index is 576. The highest BCUT2D eigenvalue weighted by atomic mass is 35.5. The zero-order chi connectivity index (χ0) is 13.8. The molecule has 4 nitrogen and oxygen atoms in total. The number of hydrogen-bond acceptors (Lipinski definition) is 4. The van der Waals surface area contributed by atoms with Crippen molar-refractivity contribution in [1.29, 1.82) is 0 Å². The van der Waals surface area contributed by atoms with E-state index in [2.05, 4.69) is 9.97 Å². The smallest absolute Gasteiger partial charge is 0.228 e. The molecule has 1 aromatic heterocycles.